The molecule has 88 valence electrons. The number of nitrogens with one attached hydrogen (secondary N) is 1. The van der Waals surface area contributed by atoms with Crippen molar-refractivity contribution in [1.29, 1.82) is 0 Å². The monoisotopic (exact) mass is 247 g/mol. The Balaban J connectivity index is 2.21. The number of benzene rings is 1. The highest BCUT2D eigenvalue weighted by Gasteiger charge is 2.20. The molecule has 0 fully saturated rings. The number of aromatic nitrogens is 2. The first-order chi connectivity index (χ1) is 8.27. The zero-order valence-corrected chi connectivity index (χ0v) is 10.5. The van der Waals surface area contributed by atoms with E-state index in [1.165, 1.54) is 11.3 Å². The minimum atomic E-state index is 0.781. The Kier molecular flexibility index (Phi) is 2.65. The quantitative estimate of drug-likeness (QED) is 0.839. The fourth-order valence-electron chi connectivity index (χ4n) is 2.42. The standard InChI is InChI=1S/C13H14ClN3/c1-17-13(9-4-2-3-5-11(9)14)10-8-15-7-6-12(10)16-17/h2-5,15H,6-8H2,1H3. The molecule has 0 saturated carbocycles. The molecule has 0 atom stereocenters. The van der Waals surface area contributed by atoms with Gasteiger partial charge in [-0.15, -0.1) is 0 Å². The van der Waals surface area contributed by atoms with E-state index in [0.29, 0.717) is 0 Å². The van der Waals surface area contributed by atoms with Gasteiger partial charge in [0.05, 0.1) is 11.4 Å². The Hall–Kier alpha value is -1.32. The number of hydrogen-bond acceptors (Lipinski definition) is 2. The van der Waals surface area contributed by atoms with E-state index in [0.717, 1.165) is 35.8 Å². The van der Waals surface area contributed by atoms with Gasteiger partial charge in [0, 0.05) is 42.7 Å². The molecule has 4 heteroatoms. The lowest BCUT2D eigenvalue weighted by Gasteiger charge is -2.13. The zero-order valence-electron chi connectivity index (χ0n) is 9.70. The molecule has 0 unspecified atom stereocenters. The number of aryl methyl sites for hydroxylation is 1. The van der Waals surface area contributed by atoms with Gasteiger partial charge in [-0.1, -0.05) is 29.8 Å². The van der Waals surface area contributed by atoms with Crippen molar-refractivity contribution >= 4 is 11.6 Å². The van der Waals surface area contributed by atoms with Gasteiger partial charge in [0.15, 0.2) is 0 Å². The Morgan fingerprint density at radius 2 is 2.18 bits per heavy atom. The molecule has 3 nitrogen and oxygen atoms in total. The van der Waals surface area contributed by atoms with Crippen LogP contribution in [-0.4, -0.2) is 16.3 Å². The van der Waals surface area contributed by atoms with Crippen LogP contribution in [0.2, 0.25) is 5.02 Å². The van der Waals surface area contributed by atoms with E-state index >= 15 is 0 Å². The van der Waals surface area contributed by atoms with Crippen LogP contribution < -0.4 is 5.32 Å². The molecule has 1 N–H and O–H groups in total. The molecular formula is C13H14ClN3. The highest BCUT2D eigenvalue weighted by Crippen LogP contribution is 2.32. The molecule has 0 saturated heterocycles. The van der Waals surface area contributed by atoms with Crippen molar-refractivity contribution in [1.82, 2.24) is 15.1 Å². The molecule has 17 heavy (non-hydrogen) atoms. The van der Waals surface area contributed by atoms with Crippen molar-refractivity contribution < 1.29 is 0 Å². The van der Waals surface area contributed by atoms with Gasteiger partial charge in [-0.25, -0.2) is 0 Å². The van der Waals surface area contributed by atoms with Crippen LogP contribution in [0.1, 0.15) is 11.3 Å². The van der Waals surface area contributed by atoms with Crippen molar-refractivity contribution in [2.45, 2.75) is 13.0 Å². The molecule has 0 aliphatic carbocycles. The van der Waals surface area contributed by atoms with Crippen molar-refractivity contribution in [2.75, 3.05) is 6.54 Å². The lowest BCUT2D eigenvalue weighted by molar-refractivity contribution is 0.633. The van der Waals surface area contributed by atoms with Crippen LogP contribution in [0.25, 0.3) is 11.3 Å². The predicted octanol–water partition coefficient (Wildman–Crippen LogP) is 2.39. The fourth-order valence-corrected chi connectivity index (χ4v) is 2.65. The largest absolute Gasteiger partial charge is 0.312 e. The van der Waals surface area contributed by atoms with E-state index in [-0.39, 0.29) is 0 Å². The zero-order chi connectivity index (χ0) is 11.8. The summed E-state index contributed by atoms with van der Waals surface area (Å²) in [5.41, 5.74) is 4.68. The Bertz CT molecular complexity index is 560. The molecule has 3 rings (SSSR count). The third kappa shape index (κ3) is 1.75. The maximum atomic E-state index is 6.27. The molecule has 0 spiro atoms. The summed E-state index contributed by atoms with van der Waals surface area (Å²) in [6, 6.07) is 7.94. The number of hydrogen-bond donors (Lipinski definition) is 1. The smallest absolute Gasteiger partial charge is 0.0741 e. The summed E-state index contributed by atoms with van der Waals surface area (Å²) in [7, 11) is 1.98. The highest BCUT2D eigenvalue weighted by molar-refractivity contribution is 6.33. The van der Waals surface area contributed by atoms with Crippen LogP contribution in [0, 0.1) is 0 Å². The topological polar surface area (TPSA) is 29.9 Å². The second-order valence-corrected chi connectivity index (χ2v) is 4.71. The molecule has 1 aliphatic heterocycles. The summed E-state index contributed by atoms with van der Waals surface area (Å²) in [4.78, 5) is 0. The van der Waals surface area contributed by atoms with Gasteiger partial charge in [-0.2, -0.15) is 5.10 Å². The van der Waals surface area contributed by atoms with Gasteiger partial charge in [0.25, 0.3) is 0 Å². The van der Waals surface area contributed by atoms with E-state index < -0.39 is 0 Å². The lowest BCUT2D eigenvalue weighted by atomic mass is 10.0. The number of fused-ring (bicyclic) bond motifs is 1. The first kappa shape index (κ1) is 10.8. The average Bonchev–Trinajstić information content (AvgIpc) is 2.66. The Labute approximate surface area is 105 Å². The second kappa shape index (κ2) is 4.17. The van der Waals surface area contributed by atoms with Crippen molar-refractivity contribution in [3.8, 4) is 11.3 Å². The Morgan fingerprint density at radius 1 is 1.35 bits per heavy atom. The normalized spacial score (nSPS) is 14.7. The summed E-state index contributed by atoms with van der Waals surface area (Å²) in [6.07, 6.45) is 0.994. The summed E-state index contributed by atoms with van der Waals surface area (Å²) < 4.78 is 1.94. The Morgan fingerprint density at radius 3 is 3.00 bits per heavy atom. The molecular weight excluding hydrogens is 234 g/mol. The first-order valence-corrected chi connectivity index (χ1v) is 6.15. The third-order valence-electron chi connectivity index (χ3n) is 3.20. The summed E-state index contributed by atoms with van der Waals surface area (Å²) in [5.74, 6) is 0. The van der Waals surface area contributed by atoms with E-state index in [9.17, 15) is 0 Å². The fraction of sp³-hybridized carbons (Fsp3) is 0.308. The average molecular weight is 248 g/mol. The van der Waals surface area contributed by atoms with Gasteiger partial charge in [-0.3, -0.25) is 4.68 Å². The van der Waals surface area contributed by atoms with E-state index in [2.05, 4.69) is 10.4 Å². The van der Waals surface area contributed by atoms with Crippen molar-refractivity contribution in [2.24, 2.45) is 7.05 Å². The van der Waals surface area contributed by atoms with Crippen LogP contribution >= 0.6 is 11.6 Å². The third-order valence-corrected chi connectivity index (χ3v) is 3.53. The van der Waals surface area contributed by atoms with Crippen LogP contribution in [0.5, 0.6) is 0 Å². The minimum absolute atomic E-state index is 0.781. The SMILES string of the molecule is Cn1nc2c(c1-c1ccccc1Cl)CNCC2. The van der Waals surface area contributed by atoms with Crippen molar-refractivity contribution in [3.63, 3.8) is 0 Å². The first-order valence-electron chi connectivity index (χ1n) is 5.77. The molecule has 0 bridgehead atoms. The predicted molar refractivity (Wildman–Crippen MR) is 69.1 cm³/mol. The summed E-state index contributed by atoms with van der Waals surface area (Å²) in [6.45, 7) is 1.88. The molecule has 2 aromatic rings. The van der Waals surface area contributed by atoms with Gasteiger partial charge in [0.2, 0.25) is 0 Å². The van der Waals surface area contributed by atoms with Gasteiger partial charge in [0.1, 0.15) is 0 Å². The maximum Gasteiger partial charge on any atom is 0.0741 e. The van der Waals surface area contributed by atoms with E-state index in [4.69, 9.17) is 11.6 Å². The summed E-state index contributed by atoms with van der Waals surface area (Å²) in [5, 5.41) is 8.76. The molecule has 1 aliphatic rings. The van der Waals surface area contributed by atoms with Gasteiger partial charge in [-0.05, 0) is 6.07 Å². The van der Waals surface area contributed by atoms with E-state index in [1.54, 1.807) is 0 Å². The number of rotatable bonds is 1. The van der Waals surface area contributed by atoms with Crippen LogP contribution in [0.4, 0.5) is 0 Å². The minimum Gasteiger partial charge on any atom is -0.312 e. The molecule has 1 aromatic carbocycles. The highest BCUT2D eigenvalue weighted by atomic mass is 35.5. The second-order valence-electron chi connectivity index (χ2n) is 4.30. The molecule has 1 aromatic heterocycles. The number of nitrogens with zero attached hydrogens (tertiary/aromatic N) is 2. The van der Waals surface area contributed by atoms with Crippen LogP contribution in [0.3, 0.4) is 0 Å². The van der Waals surface area contributed by atoms with Crippen molar-refractivity contribution in [3.05, 3.63) is 40.5 Å². The van der Waals surface area contributed by atoms with Gasteiger partial charge >= 0.3 is 0 Å². The van der Waals surface area contributed by atoms with E-state index in [1.807, 2.05) is 36.0 Å². The molecule has 2 heterocycles. The summed E-state index contributed by atoms with van der Waals surface area (Å²) >= 11 is 6.27. The number of halogens is 1. The maximum absolute atomic E-state index is 6.27. The molecule has 0 radical (unpaired) electrons. The van der Waals surface area contributed by atoms with Crippen LogP contribution in [0.15, 0.2) is 24.3 Å². The van der Waals surface area contributed by atoms with Gasteiger partial charge < -0.3 is 5.32 Å². The molecule has 0 amide bonds. The lowest BCUT2D eigenvalue weighted by Crippen LogP contribution is -2.23. The van der Waals surface area contributed by atoms with Crippen LogP contribution in [-0.2, 0) is 20.0 Å².